The van der Waals surface area contributed by atoms with Gasteiger partial charge in [0.1, 0.15) is 11.4 Å². The fourth-order valence-corrected chi connectivity index (χ4v) is 5.27. The van der Waals surface area contributed by atoms with Crippen LogP contribution in [0, 0.1) is 6.92 Å². The van der Waals surface area contributed by atoms with Gasteiger partial charge in [-0.05, 0) is 87.4 Å². The van der Waals surface area contributed by atoms with Crippen molar-refractivity contribution in [2.75, 3.05) is 6.61 Å². The van der Waals surface area contributed by atoms with Crippen molar-refractivity contribution in [2.45, 2.75) is 49.6 Å². The van der Waals surface area contributed by atoms with Crippen LogP contribution in [0.25, 0.3) is 10.9 Å². The van der Waals surface area contributed by atoms with Crippen LogP contribution in [-0.2, 0) is 15.7 Å². The molecule has 4 aromatic rings. The zero-order valence-corrected chi connectivity index (χ0v) is 22.7. The number of ether oxygens (including phenoxy) is 2. The number of fused-ring (bicyclic) bond motifs is 1. The third-order valence-electron chi connectivity index (χ3n) is 5.52. The van der Waals surface area contributed by atoms with Crippen molar-refractivity contribution in [3.63, 3.8) is 0 Å². The number of rotatable bonds is 7. The van der Waals surface area contributed by atoms with Gasteiger partial charge in [0.05, 0.1) is 22.0 Å². The third kappa shape index (κ3) is 6.82. The van der Waals surface area contributed by atoms with E-state index < -0.39 is 28.6 Å². The van der Waals surface area contributed by atoms with Gasteiger partial charge in [-0.15, -0.1) is 11.8 Å². The SMILES string of the molecule is Cc1cc(SC(c2ccc(C(F)(F)F)cc2)c2[nH]nc3cc(Cl)ccc23)ccc1OCC(=O)OC(C)(C)C. The van der Waals surface area contributed by atoms with Crippen LogP contribution in [0.15, 0.2) is 65.6 Å². The molecule has 3 aromatic carbocycles. The molecule has 0 saturated carbocycles. The van der Waals surface area contributed by atoms with E-state index in [1.54, 1.807) is 39.0 Å². The molecule has 0 spiro atoms. The van der Waals surface area contributed by atoms with Crippen molar-refractivity contribution in [3.8, 4) is 5.75 Å². The number of aromatic nitrogens is 2. The van der Waals surface area contributed by atoms with E-state index in [1.807, 2.05) is 25.1 Å². The third-order valence-corrected chi connectivity index (χ3v) is 7.02. The summed E-state index contributed by atoms with van der Waals surface area (Å²) < 4.78 is 50.5. The summed E-state index contributed by atoms with van der Waals surface area (Å²) in [6.45, 7) is 6.99. The second-order valence-electron chi connectivity index (χ2n) is 9.72. The second-order valence-corrected chi connectivity index (χ2v) is 11.3. The molecule has 0 saturated heterocycles. The Labute approximate surface area is 227 Å². The molecule has 1 heterocycles. The van der Waals surface area contributed by atoms with Gasteiger partial charge in [0.15, 0.2) is 6.61 Å². The zero-order chi connectivity index (χ0) is 27.7. The van der Waals surface area contributed by atoms with E-state index in [-0.39, 0.29) is 6.61 Å². The summed E-state index contributed by atoms with van der Waals surface area (Å²) in [6.07, 6.45) is -4.43. The Hall–Kier alpha value is -3.17. The molecule has 0 aliphatic heterocycles. The van der Waals surface area contributed by atoms with E-state index in [1.165, 1.54) is 23.9 Å². The van der Waals surface area contributed by atoms with Crippen LogP contribution in [-0.4, -0.2) is 28.4 Å². The summed E-state index contributed by atoms with van der Waals surface area (Å²) in [4.78, 5) is 12.9. The average Bonchev–Trinajstić information content (AvgIpc) is 3.23. The largest absolute Gasteiger partial charge is 0.482 e. The monoisotopic (exact) mass is 562 g/mol. The summed E-state index contributed by atoms with van der Waals surface area (Å²) in [6, 6.07) is 15.9. The van der Waals surface area contributed by atoms with Gasteiger partial charge in [-0.3, -0.25) is 5.10 Å². The van der Waals surface area contributed by atoms with Gasteiger partial charge in [-0.25, -0.2) is 4.79 Å². The first-order valence-electron chi connectivity index (χ1n) is 11.7. The van der Waals surface area contributed by atoms with Gasteiger partial charge in [-0.1, -0.05) is 23.7 Å². The maximum Gasteiger partial charge on any atom is 0.416 e. The molecule has 10 heteroatoms. The molecule has 1 atom stereocenters. The Bertz CT molecular complexity index is 1450. The van der Waals surface area contributed by atoms with Crippen molar-refractivity contribution in [1.82, 2.24) is 10.2 Å². The minimum atomic E-state index is -4.43. The van der Waals surface area contributed by atoms with Crippen molar-refractivity contribution in [2.24, 2.45) is 0 Å². The van der Waals surface area contributed by atoms with E-state index in [4.69, 9.17) is 21.1 Å². The van der Waals surface area contributed by atoms with Gasteiger partial charge in [0.25, 0.3) is 0 Å². The van der Waals surface area contributed by atoms with Gasteiger partial charge >= 0.3 is 12.1 Å². The molecule has 200 valence electrons. The standard InChI is InChI=1S/C28H26ClF3N2O3S/c1-16-13-20(10-12-23(16)36-15-24(35)37-27(2,3)4)38-26(17-5-7-18(8-6-17)28(30,31)32)25-21-11-9-19(29)14-22(21)33-34-25/h5-14,26H,15H2,1-4H3,(H,33,34). The molecule has 1 aromatic heterocycles. The van der Waals surface area contributed by atoms with Crippen molar-refractivity contribution in [1.29, 1.82) is 0 Å². The molecule has 4 rings (SSSR count). The quantitative estimate of drug-likeness (QED) is 0.182. The predicted molar refractivity (Wildman–Crippen MR) is 143 cm³/mol. The molecule has 0 fully saturated rings. The van der Waals surface area contributed by atoms with Gasteiger partial charge in [-0.2, -0.15) is 18.3 Å². The summed E-state index contributed by atoms with van der Waals surface area (Å²) in [5, 5.41) is 8.37. The highest BCUT2D eigenvalue weighted by molar-refractivity contribution is 7.99. The van der Waals surface area contributed by atoms with Crippen LogP contribution in [0.5, 0.6) is 5.75 Å². The highest BCUT2D eigenvalue weighted by Gasteiger charge is 2.31. The molecular weight excluding hydrogens is 537 g/mol. The van der Waals surface area contributed by atoms with Gasteiger partial charge in [0.2, 0.25) is 0 Å². The van der Waals surface area contributed by atoms with Crippen LogP contribution in [0.2, 0.25) is 5.02 Å². The zero-order valence-electron chi connectivity index (χ0n) is 21.2. The van der Waals surface area contributed by atoms with E-state index in [0.717, 1.165) is 33.7 Å². The number of hydrogen-bond acceptors (Lipinski definition) is 5. The Kier molecular flexibility index (Phi) is 7.99. The maximum atomic E-state index is 13.2. The number of benzene rings is 3. The molecule has 1 unspecified atom stereocenters. The lowest BCUT2D eigenvalue weighted by molar-refractivity contribution is -0.157. The Morgan fingerprint density at radius 3 is 2.39 bits per heavy atom. The molecule has 1 N–H and O–H groups in total. The Morgan fingerprint density at radius 1 is 1.05 bits per heavy atom. The van der Waals surface area contributed by atoms with Crippen LogP contribution in [0.1, 0.15) is 48.4 Å². The summed E-state index contributed by atoms with van der Waals surface area (Å²) >= 11 is 7.57. The number of nitrogens with zero attached hydrogens (tertiary/aromatic N) is 1. The Balaban J connectivity index is 1.62. The predicted octanol–water partition coefficient (Wildman–Crippen LogP) is 8.15. The van der Waals surface area contributed by atoms with E-state index in [2.05, 4.69) is 10.2 Å². The first-order chi connectivity index (χ1) is 17.8. The molecule has 0 bridgehead atoms. The first-order valence-corrected chi connectivity index (χ1v) is 13.0. The Morgan fingerprint density at radius 2 is 1.76 bits per heavy atom. The topological polar surface area (TPSA) is 64.2 Å². The fraction of sp³-hybridized carbons (Fsp3) is 0.286. The first kappa shape index (κ1) is 27.9. The van der Waals surface area contributed by atoms with Crippen LogP contribution >= 0.6 is 23.4 Å². The maximum absolute atomic E-state index is 13.2. The van der Waals surface area contributed by atoms with Crippen LogP contribution in [0.4, 0.5) is 13.2 Å². The molecule has 0 aliphatic carbocycles. The number of esters is 1. The number of carbonyl (C=O) groups is 1. The number of thioether (sulfide) groups is 1. The van der Waals surface area contributed by atoms with Gasteiger partial charge < -0.3 is 9.47 Å². The molecular formula is C28H26ClF3N2O3S. The highest BCUT2D eigenvalue weighted by Crippen LogP contribution is 2.44. The molecule has 5 nitrogen and oxygen atoms in total. The molecule has 0 radical (unpaired) electrons. The lowest BCUT2D eigenvalue weighted by atomic mass is 10.0. The van der Waals surface area contributed by atoms with Crippen LogP contribution < -0.4 is 4.74 Å². The van der Waals surface area contributed by atoms with E-state index in [9.17, 15) is 18.0 Å². The summed E-state index contributed by atoms with van der Waals surface area (Å²) in [5.41, 5.74) is 1.55. The minimum absolute atomic E-state index is 0.221. The number of halogens is 4. The second kappa shape index (κ2) is 10.9. The molecule has 38 heavy (non-hydrogen) atoms. The average molecular weight is 563 g/mol. The smallest absolute Gasteiger partial charge is 0.416 e. The van der Waals surface area contributed by atoms with Crippen molar-refractivity contribution >= 4 is 40.2 Å². The van der Waals surface area contributed by atoms with Gasteiger partial charge in [0, 0.05) is 15.3 Å². The lowest BCUT2D eigenvalue weighted by Gasteiger charge is -2.20. The number of alkyl halides is 3. The summed E-state index contributed by atoms with van der Waals surface area (Å²) in [5.74, 6) is 0.0665. The number of aromatic amines is 1. The number of hydrogen-bond donors (Lipinski definition) is 1. The van der Waals surface area contributed by atoms with Crippen molar-refractivity contribution in [3.05, 3.63) is 88.1 Å². The summed E-state index contributed by atoms with van der Waals surface area (Å²) in [7, 11) is 0. The van der Waals surface area contributed by atoms with Crippen molar-refractivity contribution < 1.29 is 27.4 Å². The highest BCUT2D eigenvalue weighted by atomic mass is 35.5. The lowest BCUT2D eigenvalue weighted by Crippen LogP contribution is -2.27. The molecule has 0 amide bonds. The fourth-order valence-electron chi connectivity index (χ4n) is 3.85. The minimum Gasteiger partial charge on any atom is -0.482 e. The van der Waals surface area contributed by atoms with E-state index in [0.29, 0.717) is 21.9 Å². The number of aryl methyl sites for hydroxylation is 1. The number of nitrogens with one attached hydrogen (secondary N) is 1. The normalized spacial score (nSPS) is 12.9. The van der Waals surface area contributed by atoms with Crippen LogP contribution in [0.3, 0.4) is 0 Å². The van der Waals surface area contributed by atoms with E-state index >= 15 is 0 Å². The number of carbonyl (C=O) groups excluding carboxylic acids is 1. The number of H-pyrrole nitrogens is 1. The molecule has 0 aliphatic rings.